The molecule has 3 rings (SSSR count). The highest BCUT2D eigenvalue weighted by Gasteiger charge is 2.29. The fourth-order valence-corrected chi connectivity index (χ4v) is 4.25. The van der Waals surface area contributed by atoms with Gasteiger partial charge in [0.2, 0.25) is 10.0 Å². The Morgan fingerprint density at radius 1 is 1.08 bits per heavy atom. The van der Waals surface area contributed by atoms with Crippen molar-refractivity contribution in [2.45, 2.75) is 30.4 Å². The van der Waals surface area contributed by atoms with Crippen LogP contribution in [0.3, 0.4) is 0 Å². The van der Waals surface area contributed by atoms with Gasteiger partial charge in [-0.1, -0.05) is 30.3 Å². The van der Waals surface area contributed by atoms with Crippen molar-refractivity contribution in [3.8, 4) is 5.75 Å². The maximum absolute atomic E-state index is 12.6. The van der Waals surface area contributed by atoms with Crippen LogP contribution in [0.2, 0.25) is 0 Å². The molecule has 0 spiro atoms. The Kier molecular flexibility index (Phi) is 5.18. The van der Waals surface area contributed by atoms with Crippen molar-refractivity contribution in [3.05, 3.63) is 60.2 Å². The summed E-state index contributed by atoms with van der Waals surface area (Å²) in [5, 5.41) is 9.69. The summed E-state index contributed by atoms with van der Waals surface area (Å²) in [5.41, 5.74) is 1.05. The normalized spacial score (nSPS) is 19.1. The first-order chi connectivity index (χ1) is 11.6. The summed E-state index contributed by atoms with van der Waals surface area (Å²) in [7, 11) is -3.56. The van der Waals surface area contributed by atoms with Crippen LogP contribution in [0.15, 0.2) is 59.5 Å². The van der Waals surface area contributed by atoms with Crippen LogP contribution in [0.1, 0.15) is 18.4 Å². The van der Waals surface area contributed by atoms with Crippen molar-refractivity contribution in [1.82, 2.24) is 4.31 Å². The van der Waals surface area contributed by atoms with E-state index in [2.05, 4.69) is 0 Å². The molecule has 2 aromatic rings. The van der Waals surface area contributed by atoms with Gasteiger partial charge in [0, 0.05) is 13.1 Å². The van der Waals surface area contributed by atoms with Crippen LogP contribution in [0.25, 0.3) is 0 Å². The van der Waals surface area contributed by atoms with Crippen molar-refractivity contribution in [2.75, 3.05) is 13.1 Å². The van der Waals surface area contributed by atoms with E-state index in [1.807, 2.05) is 30.3 Å². The largest absolute Gasteiger partial charge is 0.489 e. The number of hydrogen-bond acceptors (Lipinski definition) is 4. The molecule has 1 unspecified atom stereocenters. The van der Waals surface area contributed by atoms with Gasteiger partial charge in [0.25, 0.3) is 0 Å². The number of nitrogens with zero attached hydrogens (tertiary/aromatic N) is 1. The fraction of sp³-hybridized carbons (Fsp3) is 0.333. The molecule has 24 heavy (non-hydrogen) atoms. The van der Waals surface area contributed by atoms with E-state index in [-0.39, 0.29) is 11.4 Å². The lowest BCUT2D eigenvalue weighted by molar-refractivity contribution is 0.108. The number of sulfonamides is 1. The van der Waals surface area contributed by atoms with Gasteiger partial charge >= 0.3 is 0 Å². The molecular weight excluding hydrogens is 326 g/mol. The molecule has 2 aromatic carbocycles. The average Bonchev–Trinajstić information content (AvgIpc) is 2.61. The maximum Gasteiger partial charge on any atom is 0.243 e. The van der Waals surface area contributed by atoms with Gasteiger partial charge in [0.05, 0.1) is 11.0 Å². The van der Waals surface area contributed by atoms with E-state index in [1.165, 1.54) is 4.31 Å². The molecule has 128 valence electrons. The highest BCUT2D eigenvalue weighted by Crippen LogP contribution is 2.23. The van der Waals surface area contributed by atoms with E-state index in [0.29, 0.717) is 31.7 Å². The summed E-state index contributed by atoms with van der Waals surface area (Å²) in [4.78, 5) is 0.226. The number of benzene rings is 2. The van der Waals surface area contributed by atoms with Crippen LogP contribution in [-0.4, -0.2) is 37.0 Å². The molecule has 1 saturated heterocycles. The van der Waals surface area contributed by atoms with Crippen molar-refractivity contribution in [3.63, 3.8) is 0 Å². The van der Waals surface area contributed by atoms with Gasteiger partial charge in [0.1, 0.15) is 12.4 Å². The van der Waals surface area contributed by atoms with Gasteiger partial charge in [-0.3, -0.25) is 0 Å². The summed E-state index contributed by atoms with van der Waals surface area (Å²) in [6.45, 7) is 1.05. The fourth-order valence-electron chi connectivity index (χ4n) is 2.74. The lowest BCUT2D eigenvalue weighted by atomic mass is 10.1. The Morgan fingerprint density at radius 2 is 1.79 bits per heavy atom. The molecule has 6 heteroatoms. The minimum atomic E-state index is -3.56. The van der Waals surface area contributed by atoms with Crippen LogP contribution in [-0.2, 0) is 16.6 Å². The quantitative estimate of drug-likeness (QED) is 0.902. The zero-order valence-corrected chi connectivity index (χ0v) is 14.2. The van der Waals surface area contributed by atoms with E-state index in [4.69, 9.17) is 4.74 Å². The smallest absolute Gasteiger partial charge is 0.243 e. The second-order valence-electron chi connectivity index (χ2n) is 5.90. The molecule has 1 atom stereocenters. The predicted molar refractivity (Wildman–Crippen MR) is 91.2 cm³/mol. The lowest BCUT2D eigenvalue weighted by Gasteiger charge is -2.29. The molecule has 1 aliphatic heterocycles. The summed E-state index contributed by atoms with van der Waals surface area (Å²) in [6, 6.07) is 16.2. The number of aliphatic hydroxyl groups excluding tert-OH is 1. The first kappa shape index (κ1) is 17.0. The van der Waals surface area contributed by atoms with Gasteiger partial charge < -0.3 is 9.84 Å². The third-order valence-electron chi connectivity index (χ3n) is 4.07. The second-order valence-corrected chi connectivity index (χ2v) is 7.84. The molecule has 0 radical (unpaired) electrons. The summed E-state index contributed by atoms with van der Waals surface area (Å²) >= 11 is 0. The minimum absolute atomic E-state index is 0.161. The van der Waals surface area contributed by atoms with Crippen molar-refractivity contribution in [1.29, 1.82) is 0 Å². The van der Waals surface area contributed by atoms with E-state index in [1.54, 1.807) is 24.3 Å². The number of ether oxygens (including phenoxy) is 1. The van der Waals surface area contributed by atoms with Gasteiger partial charge in [-0.2, -0.15) is 4.31 Å². The molecule has 1 heterocycles. The monoisotopic (exact) mass is 347 g/mol. The van der Waals surface area contributed by atoms with Crippen LogP contribution < -0.4 is 4.74 Å². The van der Waals surface area contributed by atoms with Crippen molar-refractivity contribution in [2.24, 2.45) is 0 Å². The topological polar surface area (TPSA) is 66.8 Å². The maximum atomic E-state index is 12.6. The number of rotatable bonds is 5. The molecule has 0 bridgehead atoms. The van der Waals surface area contributed by atoms with Crippen LogP contribution in [0.4, 0.5) is 0 Å². The Bertz CT molecular complexity index is 759. The summed E-state index contributed by atoms with van der Waals surface area (Å²) in [6.07, 6.45) is 0.749. The van der Waals surface area contributed by atoms with E-state index < -0.39 is 16.1 Å². The highest BCUT2D eigenvalue weighted by molar-refractivity contribution is 7.89. The van der Waals surface area contributed by atoms with Crippen molar-refractivity contribution >= 4 is 10.0 Å². The Balaban J connectivity index is 1.67. The third kappa shape index (κ3) is 3.95. The SMILES string of the molecule is O=S(=O)(c1ccc(OCc2ccccc2)cc1)N1CCCC(O)C1. The molecule has 0 aliphatic carbocycles. The number of hydrogen-bond donors (Lipinski definition) is 1. The standard InChI is InChI=1S/C18H21NO4S/c20-16-7-4-12-19(13-16)24(21,22)18-10-8-17(9-11-18)23-14-15-5-2-1-3-6-15/h1-3,5-6,8-11,16,20H,4,7,12-14H2. The second kappa shape index (κ2) is 7.34. The highest BCUT2D eigenvalue weighted by atomic mass is 32.2. The zero-order valence-electron chi connectivity index (χ0n) is 13.3. The van der Waals surface area contributed by atoms with Gasteiger partial charge in [-0.25, -0.2) is 8.42 Å². The number of piperidine rings is 1. The zero-order chi connectivity index (χ0) is 17.0. The minimum Gasteiger partial charge on any atom is -0.489 e. The van der Waals surface area contributed by atoms with Gasteiger partial charge in [-0.15, -0.1) is 0 Å². The number of β-amino-alcohol motifs (C(OH)–C–C–N with tert-alkyl or cyclic N) is 1. The van der Waals surface area contributed by atoms with Crippen molar-refractivity contribution < 1.29 is 18.3 Å². The number of aliphatic hydroxyl groups is 1. The molecule has 0 saturated carbocycles. The van der Waals surface area contributed by atoms with E-state index in [9.17, 15) is 13.5 Å². The molecule has 1 N–H and O–H groups in total. The molecule has 0 aromatic heterocycles. The Labute approximate surface area is 142 Å². The van der Waals surface area contributed by atoms with Gasteiger partial charge in [0.15, 0.2) is 0 Å². The van der Waals surface area contributed by atoms with Gasteiger partial charge in [-0.05, 0) is 42.7 Å². The van der Waals surface area contributed by atoms with Crippen LogP contribution in [0.5, 0.6) is 5.75 Å². The first-order valence-corrected chi connectivity index (χ1v) is 9.45. The molecule has 1 fully saturated rings. The summed E-state index contributed by atoms with van der Waals surface area (Å²) in [5.74, 6) is 0.622. The molecular formula is C18H21NO4S. The lowest BCUT2D eigenvalue weighted by Crippen LogP contribution is -2.42. The third-order valence-corrected chi connectivity index (χ3v) is 5.95. The Morgan fingerprint density at radius 3 is 2.46 bits per heavy atom. The predicted octanol–water partition coefficient (Wildman–Crippen LogP) is 2.41. The Hall–Kier alpha value is -1.89. The van der Waals surface area contributed by atoms with E-state index >= 15 is 0 Å². The molecule has 1 aliphatic rings. The molecule has 0 amide bonds. The van der Waals surface area contributed by atoms with E-state index in [0.717, 1.165) is 5.56 Å². The first-order valence-electron chi connectivity index (χ1n) is 8.01. The summed E-state index contributed by atoms with van der Waals surface area (Å²) < 4.78 is 32.2. The van der Waals surface area contributed by atoms with Crippen LogP contribution >= 0.6 is 0 Å². The average molecular weight is 347 g/mol. The molecule has 5 nitrogen and oxygen atoms in total. The van der Waals surface area contributed by atoms with Crippen LogP contribution in [0, 0.1) is 0 Å².